The summed E-state index contributed by atoms with van der Waals surface area (Å²) in [5.74, 6) is 0.687. The number of amidine groups is 2. The highest BCUT2D eigenvalue weighted by molar-refractivity contribution is 8.13. The van der Waals surface area contributed by atoms with Gasteiger partial charge in [0.05, 0.1) is 4.90 Å². The van der Waals surface area contributed by atoms with Gasteiger partial charge in [-0.05, 0) is 17.7 Å². The van der Waals surface area contributed by atoms with Crippen LogP contribution in [0.25, 0.3) is 0 Å². The maximum Gasteiger partial charge on any atom is 0.284 e. The van der Waals surface area contributed by atoms with Gasteiger partial charge in [-0.2, -0.15) is 8.42 Å². The second kappa shape index (κ2) is 9.34. The summed E-state index contributed by atoms with van der Waals surface area (Å²) in [6.45, 7) is 0. The average Bonchev–Trinajstić information content (AvgIpc) is 2.74. The smallest absolute Gasteiger partial charge is 0.284 e. The van der Waals surface area contributed by atoms with Gasteiger partial charge in [-0.25, -0.2) is 4.99 Å². The molecule has 5 nitrogen and oxygen atoms in total. The summed E-state index contributed by atoms with van der Waals surface area (Å²) in [4.78, 5) is 4.41. The molecule has 2 N–H and O–H groups in total. The number of hydrogen-bond donors (Lipinski definition) is 1. The summed E-state index contributed by atoms with van der Waals surface area (Å²) in [7, 11) is -3.90. The van der Waals surface area contributed by atoms with Gasteiger partial charge in [-0.15, -0.1) is 4.40 Å². The number of sulfonamides is 1. The van der Waals surface area contributed by atoms with Gasteiger partial charge in [0.15, 0.2) is 11.0 Å². The van der Waals surface area contributed by atoms with Crippen LogP contribution in [0.3, 0.4) is 0 Å². The van der Waals surface area contributed by atoms with Crippen molar-refractivity contribution in [1.29, 1.82) is 0 Å². The van der Waals surface area contributed by atoms with Crippen LogP contribution >= 0.6 is 11.8 Å². The quantitative estimate of drug-likeness (QED) is 0.508. The third kappa shape index (κ3) is 5.55. The van der Waals surface area contributed by atoms with Crippen LogP contribution in [-0.4, -0.2) is 19.4 Å². The SMILES string of the molecule is NC(=N/C(=N\S(=O)(=O)c1ccccc1)c1ccccc1)SCc1ccccc1. The van der Waals surface area contributed by atoms with Crippen LogP contribution < -0.4 is 5.73 Å². The summed E-state index contributed by atoms with van der Waals surface area (Å²) < 4.78 is 29.3. The van der Waals surface area contributed by atoms with Gasteiger partial charge in [0.2, 0.25) is 0 Å². The van der Waals surface area contributed by atoms with Crippen LogP contribution in [0, 0.1) is 0 Å². The van der Waals surface area contributed by atoms with Crippen molar-refractivity contribution in [2.24, 2.45) is 15.1 Å². The zero-order valence-electron chi connectivity index (χ0n) is 15.0. The molecule has 142 valence electrons. The van der Waals surface area contributed by atoms with E-state index in [-0.39, 0.29) is 15.9 Å². The van der Waals surface area contributed by atoms with E-state index in [1.54, 1.807) is 42.5 Å². The molecule has 7 heteroatoms. The lowest BCUT2D eigenvalue weighted by Crippen LogP contribution is -2.13. The van der Waals surface area contributed by atoms with Crippen molar-refractivity contribution in [2.75, 3.05) is 0 Å². The molecule has 0 heterocycles. The lowest BCUT2D eigenvalue weighted by Gasteiger charge is -2.05. The van der Waals surface area contributed by atoms with Crippen molar-refractivity contribution in [3.05, 3.63) is 102 Å². The normalized spacial score (nSPS) is 12.7. The second-order valence-electron chi connectivity index (χ2n) is 5.79. The molecule has 0 aromatic heterocycles. The number of aliphatic imine (C=N–C) groups is 1. The molecule has 0 bridgehead atoms. The first-order valence-corrected chi connectivity index (χ1v) is 10.9. The number of thioether (sulfide) groups is 1. The van der Waals surface area contributed by atoms with Gasteiger partial charge in [0, 0.05) is 11.3 Å². The maximum atomic E-state index is 12.7. The molecule has 3 aromatic rings. The molecule has 0 atom stereocenters. The summed E-state index contributed by atoms with van der Waals surface area (Å²) in [5.41, 5.74) is 7.73. The molecule has 0 radical (unpaired) electrons. The van der Waals surface area contributed by atoms with Gasteiger partial charge in [-0.3, -0.25) is 0 Å². The Morgan fingerprint density at radius 2 is 1.36 bits per heavy atom. The first-order valence-electron chi connectivity index (χ1n) is 8.51. The Bertz CT molecular complexity index is 1070. The summed E-state index contributed by atoms with van der Waals surface area (Å²) in [6.07, 6.45) is 0. The van der Waals surface area contributed by atoms with E-state index in [1.165, 1.54) is 23.9 Å². The Morgan fingerprint density at radius 3 is 1.96 bits per heavy atom. The molecule has 3 aromatic carbocycles. The number of nitrogens with two attached hydrogens (primary N) is 1. The minimum atomic E-state index is -3.90. The average molecular weight is 410 g/mol. The Kier molecular flexibility index (Phi) is 6.62. The predicted octanol–water partition coefficient (Wildman–Crippen LogP) is 4.07. The van der Waals surface area contributed by atoms with E-state index in [2.05, 4.69) is 9.39 Å². The number of rotatable bonds is 5. The Morgan fingerprint density at radius 1 is 0.821 bits per heavy atom. The molecule has 0 unspecified atom stereocenters. The summed E-state index contributed by atoms with van der Waals surface area (Å²) in [5, 5.41) is 0.245. The van der Waals surface area contributed by atoms with E-state index in [4.69, 9.17) is 5.73 Å². The van der Waals surface area contributed by atoms with Crippen molar-refractivity contribution in [2.45, 2.75) is 10.6 Å². The Hall–Kier alpha value is -2.90. The van der Waals surface area contributed by atoms with Crippen LogP contribution in [0.1, 0.15) is 11.1 Å². The molecule has 3 rings (SSSR count). The van der Waals surface area contributed by atoms with Gasteiger partial charge >= 0.3 is 0 Å². The highest BCUT2D eigenvalue weighted by Crippen LogP contribution is 2.16. The van der Waals surface area contributed by atoms with Crippen LogP contribution in [0.5, 0.6) is 0 Å². The lowest BCUT2D eigenvalue weighted by molar-refractivity contribution is 0.598. The van der Waals surface area contributed by atoms with Gasteiger partial charge in [0.1, 0.15) is 0 Å². The monoisotopic (exact) mass is 409 g/mol. The van der Waals surface area contributed by atoms with Crippen molar-refractivity contribution >= 4 is 32.8 Å². The van der Waals surface area contributed by atoms with Crippen LogP contribution in [0.2, 0.25) is 0 Å². The topological polar surface area (TPSA) is 84.9 Å². The zero-order valence-corrected chi connectivity index (χ0v) is 16.6. The van der Waals surface area contributed by atoms with E-state index in [0.717, 1.165) is 5.56 Å². The molecule has 28 heavy (non-hydrogen) atoms. The fourth-order valence-corrected chi connectivity index (χ4v) is 3.99. The molecule has 0 amide bonds. The number of benzene rings is 3. The minimum absolute atomic E-state index is 0.0579. The predicted molar refractivity (Wildman–Crippen MR) is 116 cm³/mol. The van der Waals surface area contributed by atoms with Crippen molar-refractivity contribution in [3.8, 4) is 0 Å². The molecule has 0 aliphatic rings. The zero-order chi connectivity index (χ0) is 19.8. The molecule has 0 spiro atoms. The first kappa shape index (κ1) is 19.9. The van der Waals surface area contributed by atoms with Gasteiger partial charge in [-0.1, -0.05) is 90.6 Å². The van der Waals surface area contributed by atoms with Crippen LogP contribution in [-0.2, 0) is 15.8 Å². The van der Waals surface area contributed by atoms with E-state index >= 15 is 0 Å². The van der Waals surface area contributed by atoms with E-state index in [9.17, 15) is 8.42 Å². The molecular formula is C21H19N3O2S2. The molecule has 0 fully saturated rings. The fraction of sp³-hybridized carbons (Fsp3) is 0.0476. The number of nitrogens with zero attached hydrogens (tertiary/aromatic N) is 2. The van der Waals surface area contributed by atoms with Crippen LogP contribution in [0.4, 0.5) is 0 Å². The third-order valence-corrected chi connectivity index (χ3v) is 5.87. The van der Waals surface area contributed by atoms with E-state index in [1.807, 2.05) is 36.4 Å². The lowest BCUT2D eigenvalue weighted by atomic mass is 10.2. The minimum Gasteiger partial charge on any atom is -0.378 e. The fourth-order valence-electron chi connectivity index (χ4n) is 2.35. The van der Waals surface area contributed by atoms with Crippen LogP contribution in [0.15, 0.2) is 105 Å². The molecular weight excluding hydrogens is 390 g/mol. The van der Waals surface area contributed by atoms with Crippen molar-refractivity contribution in [1.82, 2.24) is 0 Å². The summed E-state index contributed by atoms with van der Waals surface area (Å²) in [6, 6.07) is 26.8. The molecule has 0 saturated carbocycles. The largest absolute Gasteiger partial charge is 0.378 e. The van der Waals surface area contributed by atoms with E-state index < -0.39 is 10.0 Å². The molecule has 0 saturated heterocycles. The first-order chi connectivity index (χ1) is 13.5. The summed E-state index contributed by atoms with van der Waals surface area (Å²) >= 11 is 1.33. The second-order valence-corrected chi connectivity index (χ2v) is 8.39. The Balaban J connectivity index is 1.91. The molecule has 0 aliphatic carbocycles. The van der Waals surface area contributed by atoms with Crippen molar-refractivity contribution in [3.63, 3.8) is 0 Å². The molecule has 0 aliphatic heterocycles. The standard InChI is InChI=1S/C21H19N3O2S2/c22-21(27-16-17-10-4-1-5-11-17)23-20(18-12-6-2-7-13-18)24-28(25,26)19-14-8-3-9-15-19/h1-15H,16H2,(H2,22,23,24). The Labute approximate surface area is 169 Å². The number of hydrogen-bond acceptors (Lipinski definition) is 3. The van der Waals surface area contributed by atoms with Gasteiger partial charge in [0.25, 0.3) is 10.0 Å². The maximum absolute atomic E-state index is 12.7. The highest BCUT2D eigenvalue weighted by Gasteiger charge is 2.15. The van der Waals surface area contributed by atoms with Gasteiger partial charge < -0.3 is 5.73 Å². The van der Waals surface area contributed by atoms with E-state index in [0.29, 0.717) is 11.3 Å². The third-order valence-electron chi connectivity index (χ3n) is 3.73. The van der Waals surface area contributed by atoms with Crippen molar-refractivity contribution < 1.29 is 8.42 Å². The highest BCUT2D eigenvalue weighted by atomic mass is 32.2.